The van der Waals surface area contributed by atoms with Gasteiger partial charge in [-0.05, 0) is 25.0 Å². The van der Waals surface area contributed by atoms with E-state index in [0.717, 1.165) is 0 Å². The Morgan fingerprint density at radius 1 is 1.20 bits per heavy atom. The van der Waals surface area contributed by atoms with E-state index in [1.165, 1.54) is 11.0 Å². The summed E-state index contributed by atoms with van der Waals surface area (Å²) in [6, 6.07) is 3.39. The molecule has 0 atom stereocenters. The molecule has 0 spiro atoms. The number of carbonyl (C=O) groups excluding carboxylic acids is 1. The Balaban J connectivity index is 2.47. The number of nitrogens with one attached hydrogen (secondary N) is 1. The number of rotatable bonds is 3. The number of amides is 1. The van der Waals surface area contributed by atoms with Crippen LogP contribution in [-0.2, 0) is 7.05 Å². The molecule has 20 heavy (non-hydrogen) atoms. The Hall–Kier alpha value is -2.70. The fourth-order valence-corrected chi connectivity index (χ4v) is 1.95. The fourth-order valence-electron chi connectivity index (χ4n) is 1.95. The van der Waals surface area contributed by atoms with Crippen molar-refractivity contribution in [2.24, 2.45) is 7.05 Å². The molecule has 0 radical (unpaired) electrons. The molecule has 0 aliphatic carbocycles. The number of benzene rings is 1. The summed E-state index contributed by atoms with van der Waals surface area (Å²) >= 11 is 0. The first-order chi connectivity index (χ1) is 9.41. The molecular weight excluding hydrogens is 260 g/mol. The van der Waals surface area contributed by atoms with Crippen molar-refractivity contribution < 1.29 is 14.7 Å². The van der Waals surface area contributed by atoms with Crippen LogP contribution in [0.4, 0.5) is 5.95 Å². The van der Waals surface area contributed by atoms with Crippen LogP contribution in [0.5, 0.6) is 0 Å². The van der Waals surface area contributed by atoms with Gasteiger partial charge in [-0.3, -0.25) is 10.1 Å². The van der Waals surface area contributed by atoms with E-state index < -0.39 is 11.9 Å². The lowest BCUT2D eigenvalue weighted by Gasteiger charge is -2.12. The first-order valence-electron chi connectivity index (χ1n) is 5.90. The molecule has 0 bridgehead atoms. The van der Waals surface area contributed by atoms with Gasteiger partial charge in [-0.2, -0.15) is 10.1 Å². The zero-order valence-electron chi connectivity index (χ0n) is 11.3. The topological polar surface area (TPSA) is 97.1 Å². The molecule has 1 heterocycles. The average molecular weight is 274 g/mol. The molecule has 0 saturated heterocycles. The van der Waals surface area contributed by atoms with Crippen LogP contribution in [-0.4, -0.2) is 31.7 Å². The van der Waals surface area contributed by atoms with E-state index in [9.17, 15) is 14.7 Å². The molecular formula is C13H14N4O3. The van der Waals surface area contributed by atoms with Gasteiger partial charge in [0, 0.05) is 7.05 Å². The number of hydrogen-bond donors (Lipinski definition) is 2. The Bertz CT molecular complexity index is 691. The molecule has 0 aliphatic heterocycles. The first kappa shape index (κ1) is 13.7. The summed E-state index contributed by atoms with van der Waals surface area (Å²) in [6.45, 7) is 3.35. The summed E-state index contributed by atoms with van der Waals surface area (Å²) in [5, 5.41) is 15.7. The Labute approximate surface area is 115 Å². The highest BCUT2D eigenvalue weighted by Gasteiger charge is 2.22. The van der Waals surface area contributed by atoms with E-state index in [0.29, 0.717) is 11.1 Å². The Kier molecular flexibility index (Phi) is 3.51. The average Bonchev–Trinajstić information content (AvgIpc) is 2.77. The molecule has 2 aromatic rings. The maximum atomic E-state index is 12.3. The molecule has 0 unspecified atom stereocenters. The van der Waals surface area contributed by atoms with Crippen LogP contribution in [0.15, 0.2) is 18.5 Å². The van der Waals surface area contributed by atoms with Crippen molar-refractivity contribution in [2.45, 2.75) is 13.8 Å². The number of aromatic nitrogens is 3. The molecule has 2 rings (SSSR count). The van der Waals surface area contributed by atoms with Crippen molar-refractivity contribution in [2.75, 3.05) is 5.32 Å². The van der Waals surface area contributed by atoms with Crippen molar-refractivity contribution in [3.63, 3.8) is 0 Å². The van der Waals surface area contributed by atoms with Gasteiger partial charge in [0.1, 0.15) is 6.33 Å². The number of nitrogens with zero attached hydrogens (tertiary/aromatic N) is 3. The van der Waals surface area contributed by atoms with Crippen molar-refractivity contribution in [3.8, 4) is 0 Å². The summed E-state index contributed by atoms with van der Waals surface area (Å²) in [7, 11) is 1.63. The highest BCUT2D eigenvalue weighted by atomic mass is 16.4. The number of aromatic carboxylic acids is 1. The van der Waals surface area contributed by atoms with Crippen LogP contribution >= 0.6 is 0 Å². The third kappa shape index (κ3) is 2.37. The second-order valence-corrected chi connectivity index (χ2v) is 4.42. The van der Waals surface area contributed by atoms with Crippen molar-refractivity contribution in [1.29, 1.82) is 0 Å². The zero-order chi connectivity index (χ0) is 14.9. The lowest BCUT2D eigenvalue weighted by Crippen LogP contribution is -2.21. The molecule has 0 fully saturated rings. The molecule has 1 aromatic heterocycles. The van der Waals surface area contributed by atoms with Gasteiger partial charge in [0.05, 0.1) is 11.1 Å². The van der Waals surface area contributed by atoms with E-state index in [1.54, 1.807) is 33.0 Å². The largest absolute Gasteiger partial charge is 0.478 e. The number of aryl methyl sites for hydroxylation is 3. The maximum Gasteiger partial charge on any atom is 0.336 e. The van der Waals surface area contributed by atoms with E-state index in [1.807, 2.05) is 0 Å². The van der Waals surface area contributed by atoms with Gasteiger partial charge in [0.15, 0.2) is 0 Å². The van der Waals surface area contributed by atoms with Crippen LogP contribution in [0.3, 0.4) is 0 Å². The third-order valence-corrected chi connectivity index (χ3v) is 3.00. The van der Waals surface area contributed by atoms with Gasteiger partial charge in [0.2, 0.25) is 5.95 Å². The summed E-state index contributed by atoms with van der Waals surface area (Å²) in [5.74, 6) is -1.39. The number of carbonyl (C=O) groups is 2. The molecule has 2 N–H and O–H groups in total. The molecule has 104 valence electrons. The number of carboxylic acids is 1. The van der Waals surface area contributed by atoms with Gasteiger partial charge in [0.25, 0.3) is 5.91 Å². The minimum Gasteiger partial charge on any atom is -0.478 e. The molecule has 7 heteroatoms. The fraction of sp³-hybridized carbons (Fsp3) is 0.231. The predicted molar refractivity (Wildman–Crippen MR) is 71.8 cm³/mol. The van der Waals surface area contributed by atoms with Crippen molar-refractivity contribution in [3.05, 3.63) is 40.7 Å². The summed E-state index contributed by atoms with van der Waals surface area (Å²) in [5.41, 5.74) is 1.27. The molecule has 1 aromatic carbocycles. The first-order valence-corrected chi connectivity index (χ1v) is 5.90. The standard InChI is InChI=1S/C13H14N4O3/c1-7-4-5-8(2)10(12(19)20)9(7)11(18)16-13-14-6-15-17(13)3/h4-6H,1-3H3,(H,19,20)(H,14,15,16,18). The van der Waals surface area contributed by atoms with Crippen LogP contribution in [0.2, 0.25) is 0 Å². The molecule has 1 amide bonds. The molecule has 0 aliphatic rings. The van der Waals surface area contributed by atoms with Gasteiger partial charge in [-0.15, -0.1) is 0 Å². The van der Waals surface area contributed by atoms with Gasteiger partial charge < -0.3 is 5.11 Å². The minimum absolute atomic E-state index is 0.00432. The SMILES string of the molecule is Cc1ccc(C)c(C(=O)Nc2ncnn2C)c1C(=O)O. The molecule has 7 nitrogen and oxygen atoms in total. The summed E-state index contributed by atoms with van der Waals surface area (Å²) in [6.07, 6.45) is 1.30. The van der Waals surface area contributed by atoms with Crippen LogP contribution < -0.4 is 5.32 Å². The van der Waals surface area contributed by atoms with Crippen LogP contribution in [0.1, 0.15) is 31.8 Å². The van der Waals surface area contributed by atoms with Crippen LogP contribution in [0.25, 0.3) is 0 Å². The van der Waals surface area contributed by atoms with Crippen LogP contribution in [0, 0.1) is 13.8 Å². The summed E-state index contributed by atoms with van der Waals surface area (Å²) in [4.78, 5) is 27.5. The minimum atomic E-state index is -1.13. The smallest absolute Gasteiger partial charge is 0.336 e. The summed E-state index contributed by atoms with van der Waals surface area (Å²) < 4.78 is 1.39. The van der Waals surface area contributed by atoms with E-state index in [2.05, 4.69) is 15.4 Å². The lowest BCUT2D eigenvalue weighted by atomic mass is 9.96. The van der Waals surface area contributed by atoms with E-state index in [4.69, 9.17) is 0 Å². The second kappa shape index (κ2) is 5.12. The number of anilines is 1. The van der Waals surface area contributed by atoms with E-state index >= 15 is 0 Å². The lowest BCUT2D eigenvalue weighted by molar-refractivity contribution is 0.0691. The zero-order valence-corrected chi connectivity index (χ0v) is 11.3. The normalized spacial score (nSPS) is 10.3. The van der Waals surface area contributed by atoms with Gasteiger partial charge in [-0.1, -0.05) is 12.1 Å². The van der Waals surface area contributed by atoms with Gasteiger partial charge in [-0.25, -0.2) is 9.48 Å². The monoisotopic (exact) mass is 274 g/mol. The second-order valence-electron chi connectivity index (χ2n) is 4.42. The van der Waals surface area contributed by atoms with Gasteiger partial charge >= 0.3 is 5.97 Å². The predicted octanol–water partition coefficient (Wildman–Crippen LogP) is 1.38. The molecule has 0 saturated carbocycles. The van der Waals surface area contributed by atoms with E-state index in [-0.39, 0.29) is 17.1 Å². The highest BCUT2D eigenvalue weighted by molar-refractivity contribution is 6.11. The third-order valence-electron chi connectivity index (χ3n) is 3.00. The van der Waals surface area contributed by atoms with Crippen molar-refractivity contribution in [1.82, 2.24) is 14.8 Å². The van der Waals surface area contributed by atoms with Crippen molar-refractivity contribution >= 4 is 17.8 Å². The number of hydrogen-bond acceptors (Lipinski definition) is 4. The Morgan fingerprint density at radius 2 is 1.80 bits per heavy atom. The maximum absolute atomic E-state index is 12.3. The number of carboxylic acid groups (broad SMARTS) is 1. The quantitative estimate of drug-likeness (QED) is 0.881. The highest BCUT2D eigenvalue weighted by Crippen LogP contribution is 2.20. The Morgan fingerprint density at radius 3 is 2.30 bits per heavy atom.